The number of H-pyrrole nitrogens is 1. The van der Waals surface area contributed by atoms with Crippen LogP contribution in [0.4, 0.5) is 0 Å². The van der Waals surface area contributed by atoms with E-state index in [1.165, 1.54) is 19.2 Å². The van der Waals surface area contributed by atoms with Crippen molar-refractivity contribution in [3.63, 3.8) is 0 Å². The van der Waals surface area contributed by atoms with E-state index >= 15 is 0 Å². The number of ketones is 1. The van der Waals surface area contributed by atoms with Crippen molar-refractivity contribution in [2.45, 2.75) is 13.8 Å². The molecule has 0 aliphatic carbocycles. The first-order valence-corrected chi connectivity index (χ1v) is 7.46. The molecule has 0 radical (unpaired) electrons. The predicted octanol–water partition coefficient (Wildman–Crippen LogP) is 3.11. The van der Waals surface area contributed by atoms with E-state index in [0.29, 0.717) is 21.8 Å². The Morgan fingerprint density at radius 2 is 1.88 bits per heavy atom. The molecule has 0 saturated carbocycles. The molecule has 6 nitrogen and oxygen atoms in total. The summed E-state index contributed by atoms with van der Waals surface area (Å²) < 4.78 is 9.70. The van der Waals surface area contributed by atoms with Crippen molar-refractivity contribution in [1.29, 1.82) is 0 Å². The third-order valence-corrected chi connectivity index (χ3v) is 3.74. The summed E-state index contributed by atoms with van der Waals surface area (Å²) in [5, 5.41) is 0.398. The average molecular weight is 350 g/mol. The number of hydrogen-bond acceptors (Lipinski definition) is 5. The fourth-order valence-electron chi connectivity index (χ4n) is 2.34. The Morgan fingerprint density at radius 1 is 1.17 bits per heavy atom. The molecule has 24 heavy (non-hydrogen) atoms. The van der Waals surface area contributed by atoms with Gasteiger partial charge >= 0.3 is 11.9 Å². The number of methoxy groups -OCH3 is 1. The Bertz CT molecular complexity index is 809. The first kappa shape index (κ1) is 17.7. The van der Waals surface area contributed by atoms with Gasteiger partial charge in [0, 0.05) is 10.7 Å². The summed E-state index contributed by atoms with van der Waals surface area (Å²) in [6.07, 6.45) is 0. The highest BCUT2D eigenvalue weighted by molar-refractivity contribution is 6.30. The first-order valence-electron chi connectivity index (χ1n) is 7.08. The second-order valence-electron chi connectivity index (χ2n) is 5.13. The van der Waals surface area contributed by atoms with Crippen LogP contribution in [0.15, 0.2) is 24.3 Å². The standard InChI is InChI=1S/C17H16ClNO5/c1-9-14(17(22)23-3)10(2)19-15(9)13(20)8-24-16(21)11-5-4-6-12(18)7-11/h4-7,19H,8H2,1-3H3. The number of Topliss-reactive ketones (excluding diaryl/α,β-unsaturated/α-hetero) is 1. The molecule has 0 atom stereocenters. The summed E-state index contributed by atoms with van der Waals surface area (Å²) >= 11 is 5.81. The molecule has 0 unspecified atom stereocenters. The maximum Gasteiger partial charge on any atom is 0.339 e. The van der Waals surface area contributed by atoms with E-state index in [0.717, 1.165) is 0 Å². The Kier molecular flexibility index (Phi) is 5.41. The van der Waals surface area contributed by atoms with Gasteiger partial charge in [0.1, 0.15) is 0 Å². The maximum absolute atomic E-state index is 12.3. The summed E-state index contributed by atoms with van der Waals surface area (Å²) in [4.78, 5) is 38.7. The van der Waals surface area contributed by atoms with Crippen LogP contribution in [0.2, 0.25) is 5.02 Å². The average Bonchev–Trinajstić information content (AvgIpc) is 2.86. The number of nitrogens with one attached hydrogen (secondary N) is 1. The van der Waals surface area contributed by atoms with Gasteiger partial charge in [0.05, 0.1) is 23.9 Å². The zero-order valence-corrected chi connectivity index (χ0v) is 14.2. The monoisotopic (exact) mass is 349 g/mol. The smallest absolute Gasteiger partial charge is 0.339 e. The molecule has 2 aromatic rings. The number of benzene rings is 1. The van der Waals surface area contributed by atoms with Crippen LogP contribution >= 0.6 is 11.6 Å². The van der Waals surface area contributed by atoms with Crippen LogP contribution in [-0.4, -0.2) is 36.4 Å². The highest BCUT2D eigenvalue weighted by atomic mass is 35.5. The Morgan fingerprint density at radius 3 is 2.50 bits per heavy atom. The quantitative estimate of drug-likeness (QED) is 0.662. The summed E-state index contributed by atoms with van der Waals surface area (Å²) in [7, 11) is 1.27. The number of aryl methyl sites for hydroxylation is 1. The molecule has 0 saturated heterocycles. The van der Waals surface area contributed by atoms with E-state index in [9.17, 15) is 14.4 Å². The molecule has 0 amide bonds. The van der Waals surface area contributed by atoms with E-state index < -0.39 is 24.3 Å². The predicted molar refractivity (Wildman–Crippen MR) is 87.7 cm³/mol. The van der Waals surface area contributed by atoms with Crippen molar-refractivity contribution < 1.29 is 23.9 Å². The number of aromatic amines is 1. The highest BCUT2D eigenvalue weighted by Crippen LogP contribution is 2.19. The molecule has 0 bridgehead atoms. The van der Waals surface area contributed by atoms with Gasteiger partial charge in [-0.15, -0.1) is 0 Å². The van der Waals surface area contributed by atoms with Gasteiger partial charge in [-0.25, -0.2) is 9.59 Å². The van der Waals surface area contributed by atoms with Gasteiger partial charge in [-0.2, -0.15) is 0 Å². The van der Waals surface area contributed by atoms with Crippen LogP contribution in [0.3, 0.4) is 0 Å². The lowest BCUT2D eigenvalue weighted by Crippen LogP contribution is -2.15. The summed E-state index contributed by atoms with van der Waals surface area (Å²) in [6, 6.07) is 6.23. The SMILES string of the molecule is COC(=O)c1c(C)[nH]c(C(=O)COC(=O)c2cccc(Cl)c2)c1C. The molecule has 0 aliphatic heterocycles. The number of carbonyl (C=O) groups excluding carboxylic acids is 3. The number of carbonyl (C=O) groups is 3. The molecule has 126 valence electrons. The molecular formula is C17H16ClNO5. The van der Waals surface area contributed by atoms with Gasteiger partial charge in [0.15, 0.2) is 6.61 Å². The number of hydrogen-bond donors (Lipinski definition) is 1. The lowest BCUT2D eigenvalue weighted by atomic mass is 10.1. The highest BCUT2D eigenvalue weighted by Gasteiger charge is 2.23. The topological polar surface area (TPSA) is 85.5 Å². The molecule has 7 heteroatoms. The Balaban J connectivity index is 2.11. The van der Waals surface area contributed by atoms with Crippen LogP contribution in [0, 0.1) is 13.8 Å². The van der Waals surface area contributed by atoms with Gasteiger partial charge in [0.25, 0.3) is 0 Å². The van der Waals surface area contributed by atoms with Crippen LogP contribution < -0.4 is 0 Å². The molecular weight excluding hydrogens is 334 g/mol. The summed E-state index contributed by atoms with van der Waals surface area (Å²) in [5.74, 6) is -1.63. The molecule has 1 aromatic heterocycles. The third-order valence-electron chi connectivity index (χ3n) is 3.50. The summed E-state index contributed by atoms with van der Waals surface area (Å²) in [6.45, 7) is 2.84. The van der Waals surface area contributed by atoms with Gasteiger partial charge in [-0.05, 0) is 37.6 Å². The van der Waals surface area contributed by atoms with Gasteiger partial charge in [-0.1, -0.05) is 17.7 Å². The second-order valence-corrected chi connectivity index (χ2v) is 5.56. The van der Waals surface area contributed by atoms with Crippen LogP contribution in [0.5, 0.6) is 0 Å². The van der Waals surface area contributed by atoms with Crippen molar-refractivity contribution in [2.75, 3.05) is 13.7 Å². The fourth-order valence-corrected chi connectivity index (χ4v) is 2.53. The minimum Gasteiger partial charge on any atom is -0.465 e. The number of ether oxygens (including phenoxy) is 2. The maximum atomic E-state index is 12.3. The zero-order chi connectivity index (χ0) is 17.9. The number of esters is 2. The lowest BCUT2D eigenvalue weighted by molar-refractivity contribution is 0.0473. The first-order chi connectivity index (χ1) is 11.3. The van der Waals surface area contributed by atoms with Crippen molar-refractivity contribution in [3.05, 3.63) is 57.4 Å². The molecule has 0 fully saturated rings. The Labute approximate surface area is 143 Å². The Hall–Kier alpha value is -2.60. The largest absolute Gasteiger partial charge is 0.465 e. The lowest BCUT2D eigenvalue weighted by Gasteiger charge is -2.05. The molecule has 1 aromatic carbocycles. The van der Waals surface area contributed by atoms with Crippen LogP contribution in [0.1, 0.15) is 42.5 Å². The van der Waals surface area contributed by atoms with E-state index in [4.69, 9.17) is 21.1 Å². The zero-order valence-electron chi connectivity index (χ0n) is 13.4. The van der Waals surface area contributed by atoms with Crippen LogP contribution in [0.25, 0.3) is 0 Å². The molecule has 1 heterocycles. The minimum atomic E-state index is -0.653. The molecule has 1 N–H and O–H groups in total. The molecule has 0 aliphatic rings. The van der Waals surface area contributed by atoms with E-state index in [-0.39, 0.29) is 11.3 Å². The molecule has 0 spiro atoms. The van der Waals surface area contributed by atoms with Crippen LogP contribution in [-0.2, 0) is 9.47 Å². The van der Waals surface area contributed by atoms with Crippen molar-refractivity contribution in [1.82, 2.24) is 4.98 Å². The van der Waals surface area contributed by atoms with Gasteiger partial charge in [-0.3, -0.25) is 4.79 Å². The van der Waals surface area contributed by atoms with E-state index in [2.05, 4.69) is 4.98 Å². The number of aromatic nitrogens is 1. The van der Waals surface area contributed by atoms with E-state index in [1.807, 2.05) is 0 Å². The third kappa shape index (κ3) is 3.65. The number of halogens is 1. The van der Waals surface area contributed by atoms with Crippen molar-refractivity contribution in [3.8, 4) is 0 Å². The van der Waals surface area contributed by atoms with Crippen molar-refractivity contribution in [2.24, 2.45) is 0 Å². The minimum absolute atomic E-state index is 0.215. The molecule has 2 rings (SSSR count). The van der Waals surface area contributed by atoms with Gasteiger partial charge in [0.2, 0.25) is 5.78 Å². The normalized spacial score (nSPS) is 10.3. The number of rotatable bonds is 5. The fraction of sp³-hybridized carbons (Fsp3) is 0.235. The van der Waals surface area contributed by atoms with E-state index in [1.54, 1.807) is 26.0 Å². The second kappa shape index (κ2) is 7.31. The van der Waals surface area contributed by atoms with Gasteiger partial charge < -0.3 is 14.5 Å². The summed E-state index contributed by atoms with van der Waals surface area (Å²) in [5.41, 5.74) is 1.76. The van der Waals surface area contributed by atoms with Crippen molar-refractivity contribution >= 4 is 29.3 Å².